The molecule has 0 bridgehead atoms. The van der Waals surface area contributed by atoms with Crippen molar-refractivity contribution in [2.45, 2.75) is 25.7 Å². The van der Waals surface area contributed by atoms with Gasteiger partial charge in [0.15, 0.2) is 11.6 Å². The van der Waals surface area contributed by atoms with Crippen LogP contribution >= 0.6 is 0 Å². The number of nitrogens with zero attached hydrogens (tertiary/aromatic N) is 3. The van der Waals surface area contributed by atoms with Crippen molar-refractivity contribution in [2.24, 2.45) is 0 Å². The minimum absolute atomic E-state index is 0.148. The van der Waals surface area contributed by atoms with Gasteiger partial charge in [0.2, 0.25) is 5.89 Å². The molecule has 0 spiro atoms. The van der Waals surface area contributed by atoms with E-state index >= 15 is 0 Å². The number of hydrogen-bond acceptors (Lipinski definition) is 5. The molecule has 0 aliphatic carbocycles. The first-order valence-corrected chi connectivity index (χ1v) is 8.32. The molecule has 0 saturated carbocycles. The normalized spacial score (nSPS) is 19.0. The number of hydrogen-bond donors (Lipinski definition) is 1. The van der Waals surface area contributed by atoms with Gasteiger partial charge in [0.25, 0.3) is 0 Å². The van der Waals surface area contributed by atoms with Gasteiger partial charge < -0.3 is 9.51 Å². The molecule has 2 aromatic heterocycles. The first-order chi connectivity index (χ1) is 11.7. The lowest BCUT2D eigenvalue weighted by Crippen LogP contribution is -2.38. The number of carbonyl (C=O) groups excluding carboxylic acids is 1. The lowest BCUT2D eigenvalue weighted by Gasteiger charge is -2.30. The van der Waals surface area contributed by atoms with E-state index in [1.54, 1.807) is 0 Å². The van der Waals surface area contributed by atoms with Crippen LogP contribution in [0.15, 0.2) is 35.0 Å². The van der Waals surface area contributed by atoms with Gasteiger partial charge in [0.1, 0.15) is 0 Å². The van der Waals surface area contributed by atoms with Crippen LogP contribution in [-0.4, -0.2) is 45.4 Å². The quantitative estimate of drug-likeness (QED) is 0.747. The maximum absolute atomic E-state index is 12.7. The molecular weight excluding hydrogens is 304 g/mol. The summed E-state index contributed by atoms with van der Waals surface area (Å²) >= 11 is 0. The summed E-state index contributed by atoms with van der Waals surface area (Å²) in [6.45, 7) is 3.97. The summed E-state index contributed by atoms with van der Waals surface area (Å²) in [5, 5.41) is 4.87. The zero-order valence-corrected chi connectivity index (χ0v) is 13.7. The van der Waals surface area contributed by atoms with Crippen molar-refractivity contribution in [2.75, 3.05) is 19.6 Å². The molecule has 1 saturated heterocycles. The summed E-state index contributed by atoms with van der Waals surface area (Å²) in [5.41, 5.74) is 1.76. The van der Waals surface area contributed by atoms with E-state index in [9.17, 15) is 4.79 Å². The molecule has 0 amide bonds. The van der Waals surface area contributed by atoms with Crippen molar-refractivity contribution in [3.05, 3.63) is 47.7 Å². The van der Waals surface area contributed by atoms with Crippen molar-refractivity contribution < 1.29 is 9.32 Å². The molecular formula is C18H20N4O2. The second-order valence-electron chi connectivity index (χ2n) is 6.43. The Balaban J connectivity index is 1.47. The van der Waals surface area contributed by atoms with Crippen LogP contribution in [0, 0.1) is 6.92 Å². The second-order valence-corrected chi connectivity index (χ2v) is 6.43. The number of ketones is 1. The highest BCUT2D eigenvalue weighted by molar-refractivity contribution is 6.08. The molecule has 4 rings (SSSR count). The number of fused-ring (bicyclic) bond motifs is 1. The third-order valence-corrected chi connectivity index (χ3v) is 4.65. The summed E-state index contributed by atoms with van der Waals surface area (Å²) in [5.74, 6) is 1.72. The van der Waals surface area contributed by atoms with Crippen LogP contribution in [0.4, 0.5) is 0 Å². The third kappa shape index (κ3) is 2.85. The van der Waals surface area contributed by atoms with Crippen LogP contribution in [0.1, 0.15) is 40.8 Å². The van der Waals surface area contributed by atoms with Gasteiger partial charge in [-0.25, -0.2) is 0 Å². The minimum atomic E-state index is 0.148. The molecule has 1 aliphatic rings. The Hall–Kier alpha value is -2.47. The smallest absolute Gasteiger partial charge is 0.231 e. The first-order valence-electron chi connectivity index (χ1n) is 8.32. The molecule has 1 atom stereocenters. The number of likely N-dealkylation sites (tertiary alicyclic amines) is 1. The number of rotatable bonds is 4. The van der Waals surface area contributed by atoms with Gasteiger partial charge in [-0.15, -0.1) is 0 Å². The van der Waals surface area contributed by atoms with Gasteiger partial charge in [0.05, 0.1) is 12.5 Å². The molecule has 1 aromatic carbocycles. The standard InChI is InChI=1S/C18H20N4O2/c1-12-20-18(24-21-12)13-5-4-8-22(10-13)11-17(23)15-9-19-16-7-3-2-6-14(15)16/h2-3,6-7,9,13,19H,4-5,8,10-11H2,1H3. The number of nitrogens with one attached hydrogen (secondary N) is 1. The van der Waals surface area contributed by atoms with E-state index in [-0.39, 0.29) is 11.7 Å². The van der Waals surface area contributed by atoms with E-state index in [4.69, 9.17) is 4.52 Å². The van der Waals surface area contributed by atoms with Crippen LogP contribution in [0.25, 0.3) is 10.9 Å². The van der Waals surface area contributed by atoms with Gasteiger partial charge in [-0.3, -0.25) is 9.69 Å². The Labute approximate surface area is 139 Å². The topological polar surface area (TPSA) is 75.0 Å². The maximum atomic E-state index is 12.7. The fourth-order valence-corrected chi connectivity index (χ4v) is 3.47. The summed E-state index contributed by atoms with van der Waals surface area (Å²) in [4.78, 5) is 22.4. The molecule has 3 heterocycles. The zero-order chi connectivity index (χ0) is 16.5. The van der Waals surface area contributed by atoms with E-state index < -0.39 is 0 Å². The molecule has 3 aromatic rings. The lowest BCUT2D eigenvalue weighted by molar-refractivity contribution is 0.0900. The summed E-state index contributed by atoms with van der Waals surface area (Å²) in [7, 11) is 0. The molecule has 24 heavy (non-hydrogen) atoms. The number of Topliss-reactive ketones (excluding diaryl/α,β-unsaturated/α-hetero) is 1. The number of aryl methyl sites for hydroxylation is 1. The van der Waals surface area contributed by atoms with Gasteiger partial charge in [0, 0.05) is 29.2 Å². The fraction of sp³-hybridized carbons (Fsp3) is 0.389. The Morgan fingerprint density at radius 3 is 3.12 bits per heavy atom. The van der Waals surface area contributed by atoms with E-state index in [1.165, 1.54) is 0 Å². The first kappa shape index (κ1) is 15.1. The largest absolute Gasteiger partial charge is 0.360 e. The van der Waals surface area contributed by atoms with Crippen LogP contribution in [0.5, 0.6) is 0 Å². The van der Waals surface area contributed by atoms with E-state index in [2.05, 4.69) is 20.0 Å². The monoisotopic (exact) mass is 324 g/mol. The van der Waals surface area contributed by atoms with E-state index in [0.29, 0.717) is 18.3 Å². The molecule has 1 N–H and O–H groups in total. The summed E-state index contributed by atoms with van der Waals surface area (Å²) in [6, 6.07) is 7.90. The van der Waals surface area contributed by atoms with E-state index in [0.717, 1.165) is 42.4 Å². The van der Waals surface area contributed by atoms with Crippen molar-refractivity contribution in [1.29, 1.82) is 0 Å². The fourth-order valence-electron chi connectivity index (χ4n) is 3.47. The van der Waals surface area contributed by atoms with Gasteiger partial charge >= 0.3 is 0 Å². The van der Waals surface area contributed by atoms with Crippen LogP contribution in [0.3, 0.4) is 0 Å². The minimum Gasteiger partial charge on any atom is -0.360 e. The van der Waals surface area contributed by atoms with Crippen LogP contribution < -0.4 is 0 Å². The molecule has 0 radical (unpaired) electrons. The molecule has 6 heteroatoms. The predicted octanol–water partition coefficient (Wildman–Crippen LogP) is 2.92. The predicted molar refractivity (Wildman–Crippen MR) is 90.1 cm³/mol. The van der Waals surface area contributed by atoms with Crippen molar-refractivity contribution in [1.82, 2.24) is 20.0 Å². The Kier molecular flexibility index (Phi) is 3.90. The highest BCUT2D eigenvalue weighted by Crippen LogP contribution is 2.26. The summed E-state index contributed by atoms with van der Waals surface area (Å²) < 4.78 is 5.31. The third-order valence-electron chi connectivity index (χ3n) is 4.65. The van der Waals surface area contributed by atoms with Gasteiger partial charge in [-0.1, -0.05) is 23.4 Å². The Morgan fingerprint density at radius 2 is 2.29 bits per heavy atom. The molecule has 1 aliphatic heterocycles. The number of para-hydroxylation sites is 1. The number of piperidine rings is 1. The maximum Gasteiger partial charge on any atom is 0.231 e. The molecule has 1 unspecified atom stereocenters. The highest BCUT2D eigenvalue weighted by atomic mass is 16.5. The number of aromatic nitrogens is 3. The van der Waals surface area contributed by atoms with Crippen molar-refractivity contribution in [3.63, 3.8) is 0 Å². The van der Waals surface area contributed by atoms with E-state index in [1.807, 2.05) is 37.4 Å². The van der Waals surface area contributed by atoms with Crippen LogP contribution in [-0.2, 0) is 0 Å². The summed E-state index contributed by atoms with van der Waals surface area (Å²) in [6.07, 6.45) is 3.88. The zero-order valence-electron chi connectivity index (χ0n) is 13.7. The van der Waals surface area contributed by atoms with Gasteiger partial charge in [-0.2, -0.15) is 4.98 Å². The van der Waals surface area contributed by atoms with Crippen LogP contribution in [0.2, 0.25) is 0 Å². The highest BCUT2D eigenvalue weighted by Gasteiger charge is 2.27. The molecule has 6 nitrogen and oxygen atoms in total. The average molecular weight is 324 g/mol. The Bertz CT molecular complexity index is 867. The van der Waals surface area contributed by atoms with Crippen molar-refractivity contribution >= 4 is 16.7 Å². The number of H-pyrrole nitrogens is 1. The Morgan fingerprint density at radius 1 is 1.42 bits per heavy atom. The SMILES string of the molecule is Cc1noc(C2CCCN(CC(=O)c3c[nH]c4ccccc34)C2)n1. The average Bonchev–Trinajstić information content (AvgIpc) is 3.21. The number of aromatic amines is 1. The lowest BCUT2D eigenvalue weighted by atomic mass is 9.97. The number of carbonyl (C=O) groups is 1. The molecule has 124 valence electrons. The number of benzene rings is 1. The molecule has 1 fully saturated rings. The second kappa shape index (κ2) is 6.20. The van der Waals surface area contributed by atoms with Crippen molar-refractivity contribution in [3.8, 4) is 0 Å². The van der Waals surface area contributed by atoms with Gasteiger partial charge in [-0.05, 0) is 32.4 Å².